The number of guanidine groups is 1. The highest BCUT2D eigenvalue weighted by atomic mass is 16.5. The van der Waals surface area contributed by atoms with Gasteiger partial charge in [0.25, 0.3) is 0 Å². The highest BCUT2D eigenvalue weighted by molar-refractivity contribution is 5.79. The Labute approximate surface area is 181 Å². The van der Waals surface area contributed by atoms with Crippen LogP contribution in [0.2, 0.25) is 0 Å². The highest BCUT2D eigenvalue weighted by Gasteiger charge is 2.33. The summed E-state index contributed by atoms with van der Waals surface area (Å²) in [5, 5.41) is 7.01. The molecule has 0 amide bonds. The molecule has 168 valence electrons. The summed E-state index contributed by atoms with van der Waals surface area (Å²) < 4.78 is 11.0. The van der Waals surface area contributed by atoms with Gasteiger partial charge >= 0.3 is 0 Å². The summed E-state index contributed by atoms with van der Waals surface area (Å²) in [6.45, 7) is 10.0. The number of hydrogen-bond donors (Lipinski definition) is 2. The number of ether oxygens (including phenoxy) is 2. The lowest BCUT2D eigenvalue weighted by atomic mass is 9.83. The molecule has 1 unspecified atom stereocenters. The number of morpholine rings is 1. The van der Waals surface area contributed by atoms with Gasteiger partial charge in [-0.3, -0.25) is 0 Å². The normalized spacial score (nSPS) is 21.6. The van der Waals surface area contributed by atoms with Crippen LogP contribution < -0.4 is 15.5 Å². The zero-order valence-electron chi connectivity index (χ0n) is 19.0. The Morgan fingerprint density at radius 2 is 2.20 bits per heavy atom. The van der Waals surface area contributed by atoms with Crippen LogP contribution in [0, 0.1) is 5.41 Å². The third-order valence-corrected chi connectivity index (χ3v) is 6.27. The molecule has 1 aromatic heterocycles. The first-order valence-corrected chi connectivity index (χ1v) is 11.5. The molecule has 2 aliphatic rings. The summed E-state index contributed by atoms with van der Waals surface area (Å²) >= 11 is 0. The lowest BCUT2D eigenvalue weighted by Gasteiger charge is -2.32. The molecule has 2 heterocycles. The minimum absolute atomic E-state index is 0.243. The maximum absolute atomic E-state index is 5.65. The van der Waals surface area contributed by atoms with Gasteiger partial charge in [0, 0.05) is 46.1 Å². The zero-order chi connectivity index (χ0) is 21.2. The molecule has 1 aromatic rings. The second kappa shape index (κ2) is 11.5. The van der Waals surface area contributed by atoms with Crippen molar-refractivity contribution in [3.05, 3.63) is 23.9 Å². The molecule has 1 atom stereocenters. The van der Waals surface area contributed by atoms with Gasteiger partial charge in [0.15, 0.2) is 5.96 Å². The molecule has 1 aliphatic heterocycles. The molecule has 2 N–H and O–H groups in total. The molecule has 1 aliphatic carbocycles. The maximum atomic E-state index is 5.65. The number of hydrogen-bond acceptors (Lipinski definition) is 5. The molecule has 0 aromatic carbocycles. The summed E-state index contributed by atoms with van der Waals surface area (Å²) in [6, 6.07) is 4.21. The number of rotatable bonds is 9. The van der Waals surface area contributed by atoms with E-state index in [2.05, 4.69) is 46.5 Å². The van der Waals surface area contributed by atoms with E-state index >= 15 is 0 Å². The van der Waals surface area contributed by atoms with Gasteiger partial charge in [0.05, 0.1) is 19.3 Å². The Bertz CT molecular complexity index is 675. The number of aliphatic imine (C=N–C) groups is 1. The van der Waals surface area contributed by atoms with Gasteiger partial charge in [-0.25, -0.2) is 9.98 Å². The summed E-state index contributed by atoms with van der Waals surface area (Å²) in [6.07, 6.45) is 8.43. The topological polar surface area (TPSA) is 71.0 Å². The van der Waals surface area contributed by atoms with Crippen LogP contribution >= 0.6 is 0 Å². The summed E-state index contributed by atoms with van der Waals surface area (Å²) in [4.78, 5) is 11.7. The van der Waals surface area contributed by atoms with Gasteiger partial charge < -0.3 is 25.0 Å². The van der Waals surface area contributed by atoms with E-state index in [4.69, 9.17) is 14.5 Å². The van der Waals surface area contributed by atoms with Crippen molar-refractivity contribution >= 4 is 11.8 Å². The van der Waals surface area contributed by atoms with Crippen LogP contribution in [0.15, 0.2) is 23.3 Å². The molecule has 0 spiro atoms. The van der Waals surface area contributed by atoms with Gasteiger partial charge in [0.2, 0.25) is 0 Å². The molecule has 1 saturated carbocycles. The van der Waals surface area contributed by atoms with Crippen molar-refractivity contribution in [3.63, 3.8) is 0 Å². The van der Waals surface area contributed by atoms with Crippen LogP contribution in [0.3, 0.4) is 0 Å². The van der Waals surface area contributed by atoms with Gasteiger partial charge in [-0.05, 0) is 56.2 Å². The SMILES string of the molecule is CCNC(=NCc1ccnc(N2CCOC(C)C2)c1)NCC1(CCOC)CCCC1. The second-order valence-electron chi connectivity index (χ2n) is 8.65. The van der Waals surface area contributed by atoms with E-state index < -0.39 is 0 Å². The second-order valence-corrected chi connectivity index (χ2v) is 8.65. The fourth-order valence-electron chi connectivity index (χ4n) is 4.50. The molecule has 0 bridgehead atoms. The molecular weight excluding hydrogens is 378 g/mol. The Morgan fingerprint density at radius 3 is 2.93 bits per heavy atom. The van der Waals surface area contributed by atoms with Crippen LogP contribution in [-0.2, 0) is 16.0 Å². The number of methoxy groups -OCH3 is 1. The van der Waals surface area contributed by atoms with Crippen LogP contribution in [0.4, 0.5) is 5.82 Å². The molecule has 7 nitrogen and oxygen atoms in total. The fourth-order valence-corrected chi connectivity index (χ4v) is 4.50. The average Bonchev–Trinajstić information content (AvgIpc) is 3.23. The van der Waals surface area contributed by atoms with E-state index in [1.807, 2.05) is 6.20 Å². The Morgan fingerprint density at radius 1 is 1.37 bits per heavy atom. The van der Waals surface area contributed by atoms with Crippen molar-refractivity contribution in [1.82, 2.24) is 15.6 Å². The van der Waals surface area contributed by atoms with Crippen LogP contribution in [0.25, 0.3) is 0 Å². The van der Waals surface area contributed by atoms with Crippen molar-refractivity contribution in [2.75, 3.05) is 51.4 Å². The van der Waals surface area contributed by atoms with Gasteiger partial charge in [-0.1, -0.05) is 12.8 Å². The Hall–Kier alpha value is -1.86. The summed E-state index contributed by atoms with van der Waals surface area (Å²) in [7, 11) is 1.79. The molecule has 7 heteroatoms. The third-order valence-electron chi connectivity index (χ3n) is 6.27. The quantitative estimate of drug-likeness (QED) is 0.476. The average molecular weight is 418 g/mol. The zero-order valence-corrected chi connectivity index (χ0v) is 19.0. The minimum atomic E-state index is 0.243. The largest absolute Gasteiger partial charge is 0.385 e. The van der Waals surface area contributed by atoms with Crippen LogP contribution in [-0.4, -0.2) is 63.6 Å². The number of pyridine rings is 1. The molecule has 3 rings (SSSR count). The van der Waals surface area contributed by atoms with Crippen molar-refractivity contribution in [1.29, 1.82) is 0 Å². The Balaban J connectivity index is 1.61. The first kappa shape index (κ1) is 22.8. The van der Waals surface area contributed by atoms with E-state index in [1.165, 1.54) is 31.2 Å². The van der Waals surface area contributed by atoms with Gasteiger partial charge in [-0.2, -0.15) is 0 Å². The predicted molar refractivity (Wildman–Crippen MR) is 122 cm³/mol. The van der Waals surface area contributed by atoms with Crippen molar-refractivity contribution in [3.8, 4) is 0 Å². The minimum Gasteiger partial charge on any atom is -0.385 e. The number of nitrogens with one attached hydrogen (secondary N) is 2. The van der Waals surface area contributed by atoms with Crippen molar-refractivity contribution in [2.24, 2.45) is 10.4 Å². The first-order chi connectivity index (χ1) is 14.6. The lowest BCUT2D eigenvalue weighted by molar-refractivity contribution is 0.0529. The van der Waals surface area contributed by atoms with E-state index in [1.54, 1.807) is 7.11 Å². The van der Waals surface area contributed by atoms with Gasteiger partial charge in [-0.15, -0.1) is 0 Å². The Kier molecular flexibility index (Phi) is 8.75. The number of aromatic nitrogens is 1. The third kappa shape index (κ3) is 6.57. The number of nitrogens with zero attached hydrogens (tertiary/aromatic N) is 3. The summed E-state index contributed by atoms with van der Waals surface area (Å²) in [5.74, 6) is 1.90. The smallest absolute Gasteiger partial charge is 0.191 e. The summed E-state index contributed by atoms with van der Waals surface area (Å²) in [5.41, 5.74) is 1.51. The van der Waals surface area contributed by atoms with Crippen LogP contribution in [0.1, 0.15) is 51.5 Å². The van der Waals surface area contributed by atoms with E-state index in [-0.39, 0.29) is 6.10 Å². The molecule has 1 saturated heterocycles. The van der Waals surface area contributed by atoms with E-state index in [9.17, 15) is 0 Å². The standard InChI is InChI=1S/C23H39N5O2/c1-4-24-22(27-18-23(10-13-29-3)8-5-6-9-23)26-16-20-7-11-25-21(15-20)28-12-14-30-19(2)17-28/h7,11,15,19H,4-6,8-10,12-14,16-18H2,1-3H3,(H2,24,26,27). The molecule has 2 fully saturated rings. The first-order valence-electron chi connectivity index (χ1n) is 11.5. The molecular formula is C23H39N5O2. The van der Waals surface area contributed by atoms with Gasteiger partial charge in [0.1, 0.15) is 5.82 Å². The monoisotopic (exact) mass is 417 g/mol. The van der Waals surface area contributed by atoms with E-state index in [0.29, 0.717) is 12.0 Å². The van der Waals surface area contributed by atoms with Crippen molar-refractivity contribution in [2.45, 2.75) is 58.6 Å². The maximum Gasteiger partial charge on any atom is 0.191 e. The van der Waals surface area contributed by atoms with Crippen LogP contribution in [0.5, 0.6) is 0 Å². The van der Waals surface area contributed by atoms with E-state index in [0.717, 1.165) is 57.6 Å². The molecule has 0 radical (unpaired) electrons. The highest BCUT2D eigenvalue weighted by Crippen LogP contribution is 2.40. The number of anilines is 1. The molecule has 30 heavy (non-hydrogen) atoms. The lowest BCUT2D eigenvalue weighted by Crippen LogP contribution is -2.43. The fraction of sp³-hybridized carbons (Fsp3) is 0.739. The van der Waals surface area contributed by atoms with Crippen molar-refractivity contribution < 1.29 is 9.47 Å². The predicted octanol–water partition coefficient (Wildman–Crippen LogP) is 2.96.